The van der Waals surface area contributed by atoms with E-state index in [-0.39, 0.29) is 5.82 Å². The summed E-state index contributed by atoms with van der Waals surface area (Å²) in [6.07, 6.45) is 0. The van der Waals surface area contributed by atoms with Crippen molar-refractivity contribution in [3.05, 3.63) is 58.9 Å². The van der Waals surface area contributed by atoms with Gasteiger partial charge in [0.2, 0.25) is 0 Å². The summed E-state index contributed by atoms with van der Waals surface area (Å²) in [5, 5.41) is 10.0. The van der Waals surface area contributed by atoms with E-state index in [4.69, 9.17) is 11.6 Å². The van der Waals surface area contributed by atoms with E-state index in [1.807, 2.05) is 0 Å². The number of hydrogen-bond donors (Lipinski definition) is 0. The first-order valence-corrected chi connectivity index (χ1v) is 10.8. The van der Waals surface area contributed by atoms with Crippen LogP contribution in [0.3, 0.4) is 0 Å². The SMILES string of the molecule is CCN(CC)c1ccc(-c2nnc(SCc3ccc(F)cc3Cl)n2CC)cc1. The maximum absolute atomic E-state index is 13.2. The summed E-state index contributed by atoms with van der Waals surface area (Å²) in [5.41, 5.74) is 3.12. The van der Waals surface area contributed by atoms with Crippen LogP contribution >= 0.6 is 23.4 Å². The first-order chi connectivity index (χ1) is 13.6. The van der Waals surface area contributed by atoms with Crippen LogP contribution in [0.15, 0.2) is 47.6 Å². The zero-order chi connectivity index (χ0) is 20.1. The van der Waals surface area contributed by atoms with Crippen molar-refractivity contribution < 1.29 is 4.39 Å². The molecule has 0 radical (unpaired) electrons. The molecule has 4 nitrogen and oxygen atoms in total. The normalized spacial score (nSPS) is 11.0. The standard InChI is InChI=1S/C21H24ClFN4S/c1-4-26(5-2)18-11-8-15(9-12-18)20-24-25-21(27(20)6-3)28-14-16-7-10-17(23)13-19(16)22/h7-13H,4-6,14H2,1-3H3. The predicted octanol–water partition coefficient (Wildman–Crippen LogP) is 5.90. The van der Waals surface area contributed by atoms with E-state index in [9.17, 15) is 4.39 Å². The van der Waals surface area contributed by atoms with Crippen molar-refractivity contribution in [1.82, 2.24) is 14.8 Å². The van der Waals surface area contributed by atoms with Crippen molar-refractivity contribution in [2.45, 2.75) is 38.2 Å². The Hall–Kier alpha value is -2.05. The number of nitrogens with zero attached hydrogens (tertiary/aromatic N) is 4. The van der Waals surface area contributed by atoms with E-state index in [2.05, 4.69) is 64.7 Å². The van der Waals surface area contributed by atoms with Crippen LogP contribution in [-0.4, -0.2) is 27.9 Å². The molecule has 0 aliphatic carbocycles. The molecule has 1 aromatic heterocycles. The Balaban J connectivity index is 1.80. The van der Waals surface area contributed by atoms with Gasteiger partial charge < -0.3 is 9.47 Å². The number of thioether (sulfide) groups is 1. The van der Waals surface area contributed by atoms with E-state index < -0.39 is 0 Å². The van der Waals surface area contributed by atoms with Gasteiger partial charge >= 0.3 is 0 Å². The van der Waals surface area contributed by atoms with Gasteiger partial charge in [-0.2, -0.15) is 0 Å². The van der Waals surface area contributed by atoms with Crippen molar-refractivity contribution in [1.29, 1.82) is 0 Å². The van der Waals surface area contributed by atoms with Crippen LogP contribution < -0.4 is 4.90 Å². The molecule has 0 aliphatic heterocycles. The molecule has 0 saturated carbocycles. The fourth-order valence-corrected chi connectivity index (χ4v) is 4.40. The lowest BCUT2D eigenvalue weighted by Gasteiger charge is -2.21. The lowest BCUT2D eigenvalue weighted by Crippen LogP contribution is -2.21. The molecule has 3 rings (SSSR count). The highest BCUT2D eigenvalue weighted by Gasteiger charge is 2.14. The average molecular weight is 419 g/mol. The van der Waals surface area contributed by atoms with Crippen molar-refractivity contribution in [3.63, 3.8) is 0 Å². The van der Waals surface area contributed by atoms with Crippen LogP contribution in [0, 0.1) is 5.82 Å². The molecule has 148 valence electrons. The summed E-state index contributed by atoms with van der Waals surface area (Å²) in [6.45, 7) is 9.11. The summed E-state index contributed by atoms with van der Waals surface area (Å²) in [6, 6.07) is 12.9. The molecule has 0 amide bonds. The summed E-state index contributed by atoms with van der Waals surface area (Å²) in [5.74, 6) is 1.13. The number of rotatable bonds is 8. The number of halogens is 2. The lowest BCUT2D eigenvalue weighted by molar-refractivity contribution is 0.627. The molecule has 1 heterocycles. The highest BCUT2D eigenvalue weighted by molar-refractivity contribution is 7.98. The molecule has 0 spiro atoms. The van der Waals surface area contributed by atoms with E-state index in [1.54, 1.807) is 17.8 Å². The highest BCUT2D eigenvalue weighted by Crippen LogP contribution is 2.29. The summed E-state index contributed by atoms with van der Waals surface area (Å²) >= 11 is 7.68. The quantitative estimate of drug-likeness (QED) is 0.427. The number of benzene rings is 2. The third-order valence-corrected chi connectivity index (χ3v) is 6.03. The van der Waals surface area contributed by atoms with Crippen LogP contribution in [0.4, 0.5) is 10.1 Å². The predicted molar refractivity (Wildman–Crippen MR) is 116 cm³/mol. The zero-order valence-electron chi connectivity index (χ0n) is 16.3. The molecule has 0 N–H and O–H groups in total. The third kappa shape index (κ3) is 4.50. The molecule has 0 aliphatic rings. The molecule has 2 aromatic carbocycles. The molecule has 0 atom stereocenters. The molecule has 28 heavy (non-hydrogen) atoms. The molecule has 7 heteroatoms. The van der Waals surface area contributed by atoms with Gasteiger partial charge in [-0.05, 0) is 62.7 Å². The second kappa shape index (κ2) is 9.43. The maximum atomic E-state index is 13.2. The Kier molecular flexibility index (Phi) is 6.97. The third-order valence-electron chi connectivity index (χ3n) is 4.66. The van der Waals surface area contributed by atoms with E-state index in [0.717, 1.165) is 41.7 Å². The fraction of sp³-hybridized carbons (Fsp3) is 0.333. The number of aromatic nitrogens is 3. The van der Waals surface area contributed by atoms with E-state index >= 15 is 0 Å². The first-order valence-electron chi connectivity index (χ1n) is 9.42. The Morgan fingerprint density at radius 2 is 1.75 bits per heavy atom. The molecule has 0 unspecified atom stereocenters. The molecule has 3 aromatic rings. The maximum Gasteiger partial charge on any atom is 0.191 e. The van der Waals surface area contributed by atoms with Gasteiger partial charge in [0, 0.05) is 41.7 Å². The molecular formula is C21H24ClFN4S. The Morgan fingerprint density at radius 1 is 1.04 bits per heavy atom. The molecular weight excluding hydrogens is 395 g/mol. The summed E-state index contributed by atoms with van der Waals surface area (Å²) in [4.78, 5) is 2.31. The van der Waals surface area contributed by atoms with Crippen LogP contribution in [0.5, 0.6) is 0 Å². The minimum atomic E-state index is -0.328. The van der Waals surface area contributed by atoms with Gasteiger partial charge in [-0.25, -0.2) is 4.39 Å². The van der Waals surface area contributed by atoms with Gasteiger partial charge in [-0.15, -0.1) is 10.2 Å². The van der Waals surface area contributed by atoms with Crippen molar-refractivity contribution in [2.75, 3.05) is 18.0 Å². The number of hydrogen-bond acceptors (Lipinski definition) is 4. The van der Waals surface area contributed by atoms with E-state index in [1.165, 1.54) is 17.8 Å². The zero-order valence-corrected chi connectivity index (χ0v) is 17.9. The van der Waals surface area contributed by atoms with Gasteiger partial charge in [0.1, 0.15) is 5.82 Å². The Bertz CT molecular complexity index is 923. The number of anilines is 1. The van der Waals surface area contributed by atoms with Gasteiger partial charge in [-0.3, -0.25) is 0 Å². The topological polar surface area (TPSA) is 34.0 Å². The van der Waals surface area contributed by atoms with Crippen LogP contribution in [0.1, 0.15) is 26.3 Å². The van der Waals surface area contributed by atoms with Crippen LogP contribution in [0.2, 0.25) is 5.02 Å². The summed E-state index contributed by atoms with van der Waals surface area (Å²) in [7, 11) is 0. The minimum absolute atomic E-state index is 0.328. The van der Waals surface area contributed by atoms with Crippen LogP contribution in [0.25, 0.3) is 11.4 Å². The Labute approximate surface area is 174 Å². The van der Waals surface area contributed by atoms with Crippen molar-refractivity contribution in [3.8, 4) is 11.4 Å². The van der Waals surface area contributed by atoms with Crippen LogP contribution in [-0.2, 0) is 12.3 Å². The lowest BCUT2D eigenvalue weighted by atomic mass is 10.2. The van der Waals surface area contributed by atoms with Crippen molar-refractivity contribution in [2.24, 2.45) is 0 Å². The monoisotopic (exact) mass is 418 g/mol. The Morgan fingerprint density at radius 3 is 2.36 bits per heavy atom. The fourth-order valence-electron chi connectivity index (χ4n) is 3.09. The minimum Gasteiger partial charge on any atom is -0.372 e. The molecule has 0 bridgehead atoms. The average Bonchev–Trinajstić information content (AvgIpc) is 3.11. The highest BCUT2D eigenvalue weighted by atomic mass is 35.5. The van der Waals surface area contributed by atoms with Gasteiger partial charge in [-0.1, -0.05) is 29.4 Å². The molecule has 0 fully saturated rings. The van der Waals surface area contributed by atoms with Crippen molar-refractivity contribution >= 4 is 29.1 Å². The van der Waals surface area contributed by atoms with E-state index in [0.29, 0.717) is 10.8 Å². The first kappa shape index (κ1) is 20.7. The van der Waals surface area contributed by atoms with Gasteiger partial charge in [0.25, 0.3) is 0 Å². The van der Waals surface area contributed by atoms with Gasteiger partial charge in [0.15, 0.2) is 11.0 Å². The molecule has 0 saturated heterocycles. The van der Waals surface area contributed by atoms with Gasteiger partial charge in [0.05, 0.1) is 0 Å². The smallest absolute Gasteiger partial charge is 0.191 e. The second-order valence-corrected chi connectivity index (χ2v) is 7.64. The second-order valence-electron chi connectivity index (χ2n) is 6.29. The largest absolute Gasteiger partial charge is 0.372 e. The summed E-state index contributed by atoms with van der Waals surface area (Å²) < 4.78 is 15.3.